The summed E-state index contributed by atoms with van der Waals surface area (Å²) in [4.78, 5) is 24.8. The normalized spacial score (nSPS) is 21.4. The molecule has 114 valence electrons. The Morgan fingerprint density at radius 1 is 1.48 bits per heavy atom. The summed E-state index contributed by atoms with van der Waals surface area (Å²) >= 11 is 6.00. The molecule has 1 aromatic carbocycles. The van der Waals surface area contributed by atoms with Gasteiger partial charge < -0.3 is 14.7 Å². The molecule has 1 aliphatic heterocycles. The van der Waals surface area contributed by atoms with Crippen LogP contribution in [0.25, 0.3) is 0 Å². The molecule has 2 rings (SSSR count). The van der Waals surface area contributed by atoms with Crippen LogP contribution in [0, 0.1) is 12.8 Å². The first-order valence-corrected chi connectivity index (χ1v) is 7.19. The minimum atomic E-state index is -0.970. The number of aryl methyl sites for hydroxylation is 1. The fourth-order valence-electron chi connectivity index (χ4n) is 2.55. The molecule has 0 aromatic heterocycles. The molecule has 6 heteroatoms. The summed E-state index contributed by atoms with van der Waals surface area (Å²) < 4.78 is 5.44. The van der Waals surface area contributed by atoms with Crippen LogP contribution in [-0.4, -0.2) is 41.1 Å². The quantitative estimate of drug-likeness (QED) is 0.927. The van der Waals surface area contributed by atoms with Gasteiger partial charge in [-0.05, 0) is 37.0 Å². The number of amides is 1. The maximum absolute atomic E-state index is 12.2. The molecule has 2 atom stereocenters. The molecule has 0 bridgehead atoms. The number of carboxylic acid groups (broad SMARTS) is 1. The standard InChI is InChI=1S/C15H18ClNO4/c1-9-3-4-11(16)12(7-9)21-8-13(18)17-6-5-10(2)14(17)15(19)20/h3-4,7,10,14H,5-6,8H2,1-2H3,(H,19,20). The Balaban J connectivity index is 2.02. The highest BCUT2D eigenvalue weighted by Gasteiger charge is 2.39. The van der Waals surface area contributed by atoms with Crippen molar-refractivity contribution < 1.29 is 19.4 Å². The van der Waals surface area contributed by atoms with E-state index in [4.69, 9.17) is 16.3 Å². The van der Waals surface area contributed by atoms with E-state index < -0.39 is 12.0 Å². The number of benzene rings is 1. The summed E-state index contributed by atoms with van der Waals surface area (Å²) in [5.41, 5.74) is 0.972. The fourth-order valence-corrected chi connectivity index (χ4v) is 2.72. The average Bonchev–Trinajstić information content (AvgIpc) is 2.81. The van der Waals surface area contributed by atoms with Gasteiger partial charge in [0, 0.05) is 6.54 Å². The van der Waals surface area contributed by atoms with Gasteiger partial charge in [-0.3, -0.25) is 4.79 Å². The van der Waals surface area contributed by atoms with Crippen LogP contribution in [0.15, 0.2) is 18.2 Å². The van der Waals surface area contributed by atoms with Crippen LogP contribution in [-0.2, 0) is 9.59 Å². The number of rotatable bonds is 4. The van der Waals surface area contributed by atoms with E-state index >= 15 is 0 Å². The fraction of sp³-hybridized carbons (Fsp3) is 0.467. The van der Waals surface area contributed by atoms with Crippen molar-refractivity contribution in [2.45, 2.75) is 26.3 Å². The molecule has 0 saturated carbocycles. The number of halogens is 1. The summed E-state index contributed by atoms with van der Waals surface area (Å²) in [5, 5.41) is 9.64. The number of hydrogen-bond donors (Lipinski definition) is 1. The molecule has 0 spiro atoms. The second kappa shape index (κ2) is 6.35. The van der Waals surface area contributed by atoms with E-state index in [0.717, 1.165) is 5.56 Å². The van der Waals surface area contributed by atoms with Crippen molar-refractivity contribution in [3.63, 3.8) is 0 Å². The number of nitrogens with zero attached hydrogens (tertiary/aromatic N) is 1. The van der Waals surface area contributed by atoms with Gasteiger partial charge in [-0.2, -0.15) is 0 Å². The molecular formula is C15H18ClNO4. The first-order valence-electron chi connectivity index (χ1n) is 6.81. The Morgan fingerprint density at radius 3 is 2.86 bits per heavy atom. The third-order valence-corrected chi connectivity index (χ3v) is 4.02. The van der Waals surface area contributed by atoms with Crippen LogP contribution >= 0.6 is 11.6 Å². The zero-order valence-electron chi connectivity index (χ0n) is 12.0. The van der Waals surface area contributed by atoms with Crippen molar-refractivity contribution in [2.75, 3.05) is 13.2 Å². The third-order valence-electron chi connectivity index (χ3n) is 3.71. The van der Waals surface area contributed by atoms with E-state index in [1.807, 2.05) is 19.9 Å². The summed E-state index contributed by atoms with van der Waals surface area (Å²) in [5.74, 6) is -0.913. The van der Waals surface area contributed by atoms with E-state index in [1.54, 1.807) is 12.1 Å². The van der Waals surface area contributed by atoms with Gasteiger partial charge in [-0.1, -0.05) is 24.6 Å². The van der Waals surface area contributed by atoms with Crippen LogP contribution in [0.2, 0.25) is 5.02 Å². The van der Waals surface area contributed by atoms with Gasteiger partial charge in [0.25, 0.3) is 5.91 Å². The van der Waals surface area contributed by atoms with Crippen molar-refractivity contribution in [3.8, 4) is 5.75 Å². The summed E-state index contributed by atoms with van der Waals surface area (Å²) in [6.45, 7) is 3.97. The van der Waals surface area contributed by atoms with Crippen LogP contribution < -0.4 is 4.74 Å². The van der Waals surface area contributed by atoms with Gasteiger partial charge in [-0.15, -0.1) is 0 Å². The molecule has 1 fully saturated rings. The van der Waals surface area contributed by atoms with Crippen molar-refractivity contribution >= 4 is 23.5 Å². The number of carbonyl (C=O) groups is 2. The lowest BCUT2D eigenvalue weighted by Crippen LogP contribution is -2.44. The minimum Gasteiger partial charge on any atom is -0.482 e. The van der Waals surface area contributed by atoms with Gasteiger partial charge in [-0.25, -0.2) is 4.79 Å². The Kier molecular flexibility index (Phi) is 4.73. The maximum Gasteiger partial charge on any atom is 0.326 e. The summed E-state index contributed by atoms with van der Waals surface area (Å²) in [6.07, 6.45) is 0.688. The second-order valence-electron chi connectivity index (χ2n) is 5.36. The van der Waals surface area contributed by atoms with Crippen molar-refractivity contribution in [1.29, 1.82) is 0 Å². The molecule has 21 heavy (non-hydrogen) atoms. The smallest absolute Gasteiger partial charge is 0.326 e. The topological polar surface area (TPSA) is 66.8 Å². The Bertz CT molecular complexity index is 561. The highest BCUT2D eigenvalue weighted by atomic mass is 35.5. The van der Waals surface area contributed by atoms with E-state index in [9.17, 15) is 14.7 Å². The predicted octanol–water partition coefficient (Wildman–Crippen LogP) is 2.35. The number of likely N-dealkylation sites (tertiary alicyclic amines) is 1. The van der Waals surface area contributed by atoms with E-state index in [-0.39, 0.29) is 18.4 Å². The lowest BCUT2D eigenvalue weighted by Gasteiger charge is -2.23. The minimum absolute atomic E-state index is 0.0472. The summed E-state index contributed by atoms with van der Waals surface area (Å²) in [7, 11) is 0. The SMILES string of the molecule is Cc1ccc(Cl)c(OCC(=O)N2CCC(C)C2C(=O)O)c1. The van der Waals surface area contributed by atoms with Crippen molar-refractivity contribution in [2.24, 2.45) is 5.92 Å². The molecule has 0 radical (unpaired) electrons. The van der Waals surface area contributed by atoms with E-state index in [2.05, 4.69) is 0 Å². The van der Waals surface area contributed by atoms with E-state index in [0.29, 0.717) is 23.7 Å². The molecule has 1 aromatic rings. The monoisotopic (exact) mass is 311 g/mol. The van der Waals surface area contributed by atoms with Crippen LogP contribution in [0.4, 0.5) is 0 Å². The molecule has 1 amide bonds. The maximum atomic E-state index is 12.2. The first kappa shape index (κ1) is 15.6. The number of hydrogen-bond acceptors (Lipinski definition) is 3. The van der Waals surface area contributed by atoms with Gasteiger partial charge >= 0.3 is 5.97 Å². The molecular weight excluding hydrogens is 294 g/mol. The number of carboxylic acids is 1. The molecule has 1 saturated heterocycles. The van der Waals surface area contributed by atoms with Gasteiger partial charge in [0.1, 0.15) is 11.8 Å². The predicted molar refractivity (Wildman–Crippen MR) is 78.6 cm³/mol. The Morgan fingerprint density at radius 2 is 2.19 bits per heavy atom. The van der Waals surface area contributed by atoms with Crippen molar-refractivity contribution in [3.05, 3.63) is 28.8 Å². The zero-order chi connectivity index (χ0) is 15.6. The summed E-state index contributed by atoms with van der Waals surface area (Å²) in [6, 6.07) is 4.53. The van der Waals surface area contributed by atoms with Crippen molar-refractivity contribution in [1.82, 2.24) is 4.90 Å². The largest absolute Gasteiger partial charge is 0.482 e. The third kappa shape index (κ3) is 3.47. The molecule has 0 aliphatic carbocycles. The van der Waals surface area contributed by atoms with Crippen LogP contribution in [0.1, 0.15) is 18.9 Å². The van der Waals surface area contributed by atoms with Gasteiger partial charge in [0.05, 0.1) is 5.02 Å². The number of ether oxygens (including phenoxy) is 1. The van der Waals surface area contributed by atoms with E-state index in [1.165, 1.54) is 4.90 Å². The second-order valence-corrected chi connectivity index (χ2v) is 5.77. The molecule has 5 nitrogen and oxygen atoms in total. The lowest BCUT2D eigenvalue weighted by molar-refractivity contribution is -0.150. The van der Waals surface area contributed by atoms with Crippen LogP contribution in [0.5, 0.6) is 5.75 Å². The number of carbonyl (C=O) groups excluding carboxylic acids is 1. The molecule has 1 aliphatic rings. The zero-order valence-corrected chi connectivity index (χ0v) is 12.8. The highest BCUT2D eigenvalue weighted by molar-refractivity contribution is 6.32. The first-order chi connectivity index (χ1) is 9.90. The molecule has 2 unspecified atom stereocenters. The molecule has 1 heterocycles. The van der Waals surface area contributed by atoms with Gasteiger partial charge in [0.15, 0.2) is 6.61 Å². The Hall–Kier alpha value is -1.75. The van der Waals surface area contributed by atoms with Gasteiger partial charge in [0.2, 0.25) is 0 Å². The number of aliphatic carboxylic acids is 1. The average molecular weight is 312 g/mol. The lowest BCUT2D eigenvalue weighted by atomic mass is 10.0. The Labute approximate surface area is 128 Å². The molecule has 1 N–H and O–H groups in total. The van der Waals surface area contributed by atoms with Crippen LogP contribution in [0.3, 0.4) is 0 Å². The highest BCUT2D eigenvalue weighted by Crippen LogP contribution is 2.27.